The third-order valence-electron chi connectivity index (χ3n) is 4.11. The van der Waals surface area contributed by atoms with Crippen LogP contribution in [0.4, 0.5) is 11.8 Å². The number of aryl methyl sites for hydroxylation is 1. The minimum atomic E-state index is -0.112. The zero-order valence-corrected chi connectivity index (χ0v) is 14.8. The highest BCUT2D eigenvalue weighted by molar-refractivity contribution is 5.46. The second-order valence-electron chi connectivity index (χ2n) is 6.63. The highest BCUT2D eigenvalue weighted by Gasteiger charge is 2.24. The van der Waals surface area contributed by atoms with E-state index in [2.05, 4.69) is 24.8 Å². The highest BCUT2D eigenvalue weighted by atomic mass is 16.5. The van der Waals surface area contributed by atoms with Crippen LogP contribution in [-0.2, 0) is 0 Å². The Kier molecular flexibility index (Phi) is 4.87. The molecule has 25 heavy (non-hydrogen) atoms. The average Bonchev–Trinajstić information content (AvgIpc) is 2.53. The van der Waals surface area contributed by atoms with Crippen molar-refractivity contribution in [3.63, 3.8) is 0 Å². The summed E-state index contributed by atoms with van der Waals surface area (Å²) in [7, 11) is 0. The predicted molar refractivity (Wildman–Crippen MR) is 96.0 cm³/mol. The van der Waals surface area contributed by atoms with E-state index in [1.54, 1.807) is 13.0 Å². The topological polar surface area (TPSA) is 110 Å². The van der Waals surface area contributed by atoms with Crippen LogP contribution >= 0.6 is 0 Å². The number of hydrogen-bond acceptors (Lipinski definition) is 7. The largest absolute Gasteiger partial charge is 0.475 e. The van der Waals surface area contributed by atoms with Gasteiger partial charge in [0.05, 0.1) is 11.8 Å². The van der Waals surface area contributed by atoms with E-state index < -0.39 is 0 Å². The lowest BCUT2D eigenvalue weighted by molar-refractivity contribution is 0.232. The van der Waals surface area contributed by atoms with Crippen molar-refractivity contribution < 1.29 is 4.74 Å². The highest BCUT2D eigenvalue weighted by Crippen LogP contribution is 2.29. The Morgan fingerprint density at radius 3 is 2.84 bits per heavy atom. The van der Waals surface area contributed by atoms with Crippen molar-refractivity contribution in [1.29, 1.82) is 0 Å². The normalized spacial score (nSPS) is 17.8. The van der Waals surface area contributed by atoms with Crippen LogP contribution in [0.15, 0.2) is 16.9 Å². The fourth-order valence-corrected chi connectivity index (χ4v) is 3.13. The van der Waals surface area contributed by atoms with E-state index in [1.165, 1.54) is 0 Å². The van der Waals surface area contributed by atoms with Gasteiger partial charge in [0.25, 0.3) is 5.56 Å². The summed E-state index contributed by atoms with van der Waals surface area (Å²) in [5.41, 5.74) is 6.55. The smallest absolute Gasteiger partial charge is 0.251 e. The fraction of sp³-hybridized carbons (Fsp3) is 0.529. The Hall–Kier alpha value is -2.64. The first kappa shape index (κ1) is 17.2. The molecule has 3 rings (SSSR count). The Balaban J connectivity index is 1.83. The lowest BCUT2D eigenvalue weighted by Crippen LogP contribution is -2.36. The predicted octanol–water partition coefficient (Wildman–Crippen LogP) is 1.62. The van der Waals surface area contributed by atoms with Crippen LogP contribution in [0, 0.1) is 6.92 Å². The van der Waals surface area contributed by atoms with E-state index in [0.717, 1.165) is 37.4 Å². The molecule has 0 unspecified atom stereocenters. The number of aromatic amines is 1. The molecule has 0 aliphatic carbocycles. The van der Waals surface area contributed by atoms with E-state index in [0.29, 0.717) is 11.7 Å². The van der Waals surface area contributed by atoms with Gasteiger partial charge in [-0.15, -0.1) is 0 Å². The Morgan fingerprint density at radius 1 is 1.32 bits per heavy atom. The molecule has 0 spiro atoms. The first-order valence-electron chi connectivity index (χ1n) is 8.54. The molecule has 1 aliphatic heterocycles. The van der Waals surface area contributed by atoms with Crippen LogP contribution in [-0.4, -0.2) is 39.1 Å². The molecule has 2 aromatic heterocycles. The van der Waals surface area contributed by atoms with Gasteiger partial charge in [-0.2, -0.15) is 9.97 Å². The van der Waals surface area contributed by atoms with Gasteiger partial charge in [-0.25, -0.2) is 4.98 Å². The van der Waals surface area contributed by atoms with Crippen LogP contribution in [0.2, 0.25) is 0 Å². The van der Waals surface area contributed by atoms with Crippen molar-refractivity contribution in [3.8, 4) is 5.88 Å². The number of nitrogens with zero attached hydrogens (tertiary/aromatic N) is 4. The number of H-pyrrole nitrogens is 1. The van der Waals surface area contributed by atoms with Gasteiger partial charge in [0.15, 0.2) is 0 Å². The number of aromatic nitrogens is 4. The SMILES string of the molecule is Cc1nc([C@@H]2CCCN(c3cc(OC(C)C)nc(N)n3)C2)cc(=O)[nH]1. The molecule has 8 heteroatoms. The van der Waals surface area contributed by atoms with E-state index in [-0.39, 0.29) is 23.5 Å². The molecule has 0 aromatic carbocycles. The van der Waals surface area contributed by atoms with Crippen LogP contribution in [0.3, 0.4) is 0 Å². The van der Waals surface area contributed by atoms with Crippen LogP contribution in [0.1, 0.15) is 44.1 Å². The van der Waals surface area contributed by atoms with Gasteiger partial charge in [0.2, 0.25) is 11.8 Å². The summed E-state index contributed by atoms with van der Waals surface area (Å²) in [5, 5.41) is 0. The van der Waals surface area contributed by atoms with Gasteiger partial charge in [0, 0.05) is 31.1 Å². The maximum atomic E-state index is 11.7. The quantitative estimate of drug-likeness (QED) is 0.867. The van der Waals surface area contributed by atoms with E-state index in [9.17, 15) is 4.79 Å². The van der Waals surface area contributed by atoms with Gasteiger partial charge < -0.3 is 20.4 Å². The first-order valence-corrected chi connectivity index (χ1v) is 8.54. The molecule has 3 heterocycles. The number of nitrogens with one attached hydrogen (secondary N) is 1. The standard InChI is InChI=1S/C17H24N6O2/c1-10(2)25-16-8-14(21-17(18)22-16)23-6-4-5-12(9-23)13-7-15(24)20-11(3)19-13/h7-8,10,12H,4-6,9H2,1-3H3,(H2,18,21,22)(H,19,20,24)/t12-/m1/s1. The molecule has 8 nitrogen and oxygen atoms in total. The zero-order chi connectivity index (χ0) is 18.0. The van der Waals surface area contributed by atoms with Crippen LogP contribution < -0.4 is 20.9 Å². The van der Waals surface area contributed by atoms with Gasteiger partial charge in [-0.1, -0.05) is 0 Å². The summed E-state index contributed by atoms with van der Waals surface area (Å²) in [5.74, 6) is 2.23. The van der Waals surface area contributed by atoms with Gasteiger partial charge in [-0.3, -0.25) is 4.79 Å². The molecule has 0 bridgehead atoms. The van der Waals surface area contributed by atoms with Crippen molar-refractivity contribution in [2.45, 2.75) is 45.6 Å². The molecule has 0 saturated carbocycles. The summed E-state index contributed by atoms with van der Waals surface area (Å²) in [6.45, 7) is 7.28. The summed E-state index contributed by atoms with van der Waals surface area (Å²) in [6.07, 6.45) is 1.99. The van der Waals surface area contributed by atoms with Crippen LogP contribution in [0.5, 0.6) is 5.88 Å². The molecule has 0 amide bonds. The lowest BCUT2D eigenvalue weighted by Gasteiger charge is -2.33. The third-order valence-corrected chi connectivity index (χ3v) is 4.11. The monoisotopic (exact) mass is 344 g/mol. The van der Waals surface area contributed by atoms with Crippen molar-refractivity contribution in [1.82, 2.24) is 19.9 Å². The number of rotatable bonds is 4. The van der Waals surface area contributed by atoms with Crippen molar-refractivity contribution in [2.24, 2.45) is 0 Å². The van der Waals surface area contributed by atoms with Crippen LogP contribution in [0.25, 0.3) is 0 Å². The molecule has 1 saturated heterocycles. The molecular formula is C17H24N6O2. The molecule has 1 atom stereocenters. The molecule has 0 radical (unpaired) electrons. The number of piperidine rings is 1. The Morgan fingerprint density at radius 2 is 2.12 bits per heavy atom. The Bertz CT molecular complexity index is 804. The number of nitrogens with two attached hydrogens (primary N) is 1. The van der Waals surface area contributed by atoms with E-state index >= 15 is 0 Å². The van der Waals surface area contributed by atoms with Crippen molar-refractivity contribution in [2.75, 3.05) is 23.7 Å². The first-order chi connectivity index (χ1) is 11.9. The van der Waals surface area contributed by atoms with Crippen molar-refractivity contribution in [3.05, 3.63) is 34.0 Å². The van der Waals surface area contributed by atoms with E-state index in [1.807, 2.05) is 19.9 Å². The summed E-state index contributed by atoms with van der Waals surface area (Å²) in [4.78, 5) is 29.6. The fourth-order valence-electron chi connectivity index (χ4n) is 3.13. The minimum absolute atomic E-state index is 0.0134. The summed E-state index contributed by atoms with van der Waals surface area (Å²) in [6, 6.07) is 3.40. The van der Waals surface area contributed by atoms with Gasteiger partial charge in [-0.05, 0) is 33.6 Å². The molecule has 134 valence electrons. The second kappa shape index (κ2) is 7.08. The summed E-state index contributed by atoms with van der Waals surface area (Å²) >= 11 is 0. The van der Waals surface area contributed by atoms with Gasteiger partial charge >= 0.3 is 0 Å². The number of hydrogen-bond donors (Lipinski definition) is 2. The minimum Gasteiger partial charge on any atom is -0.475 e. The number of anilines is 2. The zero-order valence-electron chi connectivity index (χ0n) is 14.8. The second-order valence-corrected chi connectivity index (χ2v) is 6.63. The maximum Gasteiger partial charge on any atom is 0.251 e. The maximum absolute atomic E-state index is 11.7. The average molecular weight is 344 g/mol. The summed E-state index contributed by atoms with van der Waals surface area (Å²) < 4.78 is 5.65. The lowest BCUT2D eigenvalue weighted by atomic mass is 9.94. The number of nitrogen functional groups attached to an aromatic ring is 1. The molecule has 3 N–H and O–H groups in total. The molecular weight excluding hydrogens is 320 g/mol. The van der Waals surface area contributed by atoms with Gasteiger partial charge in [0.1, 0.15) is 11.6 Å². The molecule has 2 aromatic rings. The molecule has 1 aliphatic rings. The van der Waals surface area contributed by atoms with E-state index in [4.69, 9.17) is 10.5 Å². The Labute approximate surface area is 146 Å². The third kappa shape index (κ3) is 4.26. The molecule has 1 fully saturated rings. The van der Waals surface area contributed by atoms with Crippen molar-refractivity contribution >= 4 is 11.8 Å². The number of ether oxygens (including phenoxy) is 1.